The van der Waals surface area contributed by atoms with E-state index in [0.29, 0.717) is 52.1 Å². The molecule has 8 rings (SSSR count). The number of ether oxygens (including phenoxy) is 2. The molecule has 1 spiro atoms. The van der Waals surface area contributed by atoms with Gasteiger partial charge >= 0.3 is 6.01 Å². The van der Waals surface area contributed by atoms with Gasteiger partial charge in [-0.2, -0.15) is 9.97 Å². The number of fused-ring (bicyclic) bond motifs is 3. The van der Waals surface area contributed by atoms with Gasteiger partial charge in [0.1, 0.15) is 35.6 Å². The number of pyridine rings is 1. The van der Waals surface area contributed by atoms with Gasteiger partial charge in [-0.25, -0.2) is 8.78 Å². The maximum absolute atomic E-state index is 16.7. The molecule has 4 fully saturated rings. The number of aromatic hydroxyl groups is 1. The van der Waals surface area contributed by atoms with Crippen molar-refractivity contribution in [3.05, 3.63) is 47.4 Å². The van der Waals surface area contributed by atoms with E-state index in [0.717, 1.165) is 51.8 Å². The second-order valence-corrected chi connectivity index (χ2v) is 12.9. The second kappa shape index (κ2) is 10.1. The number of anilines is 1. The molecule has 2 aromatic heterocycles. The summed E-state index contributed by atoms with van der Waals surface area (Å²) in [6, 6.07) is 8.41. The van der Waals surface area contributed by atoms with E-state index >= 15 is 4.39 Å². The summed E-state index contributed by atoms with van der Waals surface area (Å²) >= 11 is 6.56. The number of phenols is 1. The van der Waals surface area contributed by atoms with Crippen molar-refractivity contribution >= 4 is 39.1 Å². The van der Waals surface area contributed by atoms with Crippen molar-refractivity contribution in [3.63, 3.8) is 0 Å². The molecule has 8 nitrogen and oxygen atoms in total. The fourth-order valence-electron chi connectivity index (χ4n) is 7.71. The van der Waals surface area contributed by atoms with Gasteiger partial charge in [-0.1, -0.05) is 23.7 Å². The minimum Gasteiger partial charge on any atom is -0.508 e. The Morgan fingerprint density at radius 1 is 1.14 bits per heavy atom. The molecule has 4 aliphatic rings. The number of phenolic OH excluding ortho intramolecular Hbond substituents is 1. The third-order valence-corrected chi connectivity index (χ3v) is 10.2. The smallest absolute Gasteiger partial charge is 0.319 e. The van der Waals surface area contributed by atoms with Gasteiger partial charge in [0.15, 0.2) is 5.82 Å². The van der Waals surface area contributed by atoms with Crippen LogP contribution in [0.5, 0.6) is 11.8 Å². The minimum absolute atomic E-state index is 0.0196. The highest BCUT2D eigenvalue weighted by molar-refractivity contribution is 6.36. The van der Waals surface area contributed by atoms with Gasteiger partial charge in [0.25, 0.3) is 0 Å². The molecule has 0 bridgehead atoms. The van der Waals surface area contributed by atoms with E-state index in [4.69, 9.17) is 26.1 Å². The molecule has 0 saturated carbocycles. The quantitative estimate of drug-likeness (QED) is 0.293. The van der Waals surface area contributed by atoms with Crippen LogP contribution in [-0.4, -0.2) is 81.7 Å². The van der Waals surface area contributed by atoms with Gasteiger partial charge in [-0.3, -0.25) is 9.88 Å². The molecule has 0 amide bonds. The van der Waals surface area contributed by atoms with E-state index in [1.807, 2.05) is 0 Å². The zero-order chi connectivity index (χ0) is 29.3. The van der Waals surface area contributed by atoms with Crippen LogP contribution in [-0.2, 0) is 4.74 Å². The summed E-state index contributed by atoms with van der Waals surface area (Å²) in [6.07, 6.45) is 5.80. The largest absolute Gasteiger partial charge is 0.508 e. The van der Waals surface area contributed by atoms with Gasteiger partial charge in [0, 0.05) is 54.6 Å². The van der Waals surface area contributed by atoms with Crippen LogP contribution in [0.15, 0.2) is 36.5 Å². The van der Waals surface area contributed by atoms with Gasteiger partial charge in [-0.15, -0.1) is 0 Å². The maximum atomic E-state index is 16.7. The molecular weight excluding hydrogens is 576 g/mol. The van der Waals surface area contributed by atoms with Crippen molar-refractivity contribution in [3.8, 4) is 23.0 Å². The van der Waals surface area contributed by atoms with Crippen LogP contribution in [0.1, 0.15) is 38.5 Å². The summed E-state index contributed by atoms with van der Waals surface area (Å²) < 4.78 is 43.4. The van der Waals surface area contributed by atoms with Crippen LogP contribution in [0.2, 0.25) is 5.02 Å². The number of piperidine rings is 1. The first-order valence-electron chi connectivity index (χ1n) is 15.0. The zero-order valence-corrected chi connectivity index (χ0v) is 24.4. The molecule has 4 aromatic rings. The first-order chi connectivity index (χ1) is 20.8. The molecule has 43 heavy (non-hydrogen) atoms. The van der Waals surface area contributed by atoms with E-state index in [2.05, 4.69) is 19.8 Å². The normalized spacial score (nSPS) is 27.2. The fourth-order valence-corrected chi connectivity index (χ4v) is 7.99. The van der Waals surface area contributed by atoms with Gasteiger partial charge < -0.3 is 19.5 Å². The van der Waals surface area contributed by atoms with Crippen LogP contribution in [0.25, 0.3) is 32.9 Å². The van der Waals surface area contributed by atoms with Crippen LogP contribution in [0.4, 0.5) is 14.6 Å². The lowest BCUT2D eigenvalue weighted by Gasteiger charge is -2.48. The molecule has 6 heterocycles. The van der Waals surface area contributed by atoms with Gasteiger partial charge in [-0.05, 0) is 55.8 Å². The SMILES string of the molecule is Oc1cc(-c2ncc3c(N4CCCC5(CCO5)C4)nc(OC[C@@]45CCCN4C[C@H](F)C5)nc3c2F)c2c(Cl)cccc2c1. The number of alkyl halides is 1. The third kappa shape index (κ3) is 4.48. The Morgan fingerprint density at radius 3 is 2.84 bits per heavy atom. The first kappa shape index (κ1) is 27.2. The molecule has 1 N–H and O–H groups in total. The molecule has 224 valence electrons. The number of aromatic nitrogens is 3. The topological polar surface area (TPSA) is 83.8 Å². The molecule has 2 aromatic carbocycles. The summed E-state index contributed by atoms with van der Waals surface area (Å²) in [5.41, 5.74) is -0.165. The molecule has 0 radical (unpaired) electrons. The van der Waals surface area contributed by atoms with E-state index < -0.39 is 17.5 Å². The van der Waals surface area contributed by atoms with Crippen molar-refractivity contribution in [1.82, 2.24) is 19.9 Å². The van der Waals surface area contributed by atoms with Crippen LogP contribution < -0.4 is 9.64 Å². The van der Waals surface area contributed by atoms with Crippen LogP contribution >= 0.6 is 11.6 Å². The molecule has 4 saturated heterocycles. The molecule has 1 unspecified atom stereocenters. The Morgan fingerprint density at radius 2 is 2.00 bits per heavy atom. The zero-order valence-electron chi connectivity index (χ0n) is 23.7. The number of hydrogen-bond donors (Lipinski definition) is 1. The van der Waals surface area contributed by atoms with Gasteiger partial charge in [0.2, 0.25) is 0 Å². The molecule has 3 atom stereocenters. The average Bonchev–Trinajstić information content (AvgIpc) is 3.50. The van der Waals surface area contributed by atoms with E-state index in [1.54, 1.807) is 30.5 Å². The lowest BCUT2D eigenvalue weighted by molar-refractivity contribution is -0.151. The molecular formula is C32H32ClF2N5O3. The lowest BCUT2D eigenvalue weighted by atomic mass is 9.86. The number of halogens is 3. The summed E-state index contributed by atoms with van der Waals surface area (Å²) in [5, 5.41) is 12.6. The monoisotopic (exact) mass is 607 g/mol. The number of benzene rings is 2. The number of nitrogens with zero attached hydrogens (tertiary/aromatic N) is 5. The fraction of sp³-hybridized carbons (Fsp3) is 0.469. The van der Waals surface area contributed by atoms with E-state index in [9.17, 15) is 9.50 Å². The Hall–Kier alpha value is -3.34. The minimum atomic E-state index is -0.890. The molecule has 0 aliphatic carbocycles. The molecule has 11 heteroatoms. The Bertz CT molecular complexity index is 1750. The average molecular weight is 608 g/mol. The van der Waals surface area contributed by atoms with E-state index in [1.165, 1.54) is 6.07 Å². The van der Waals surface area contributed by atoms with Crippen LogP contribution in [0.3, 0.4) is 0 Å². The highest BCUT2D eigenvalue weighted by Gasteiger charge is 2.49. The maximum Gasteiger partial charge on any atom is 0.319 e. The Labute approximate surface area is 252 Å². The predicted molar refractivity (Wildman–Crippen MR) is 160 cm³/mol. The third-order valence-electron chi connectivity index (χ3n) is 9.85. The second-order valence-electron chi connectivity index (χ2n) is 12.5. The number of hydrogen-bond acceptors (Lipinski definition) is 8. The van der Waals surface area contributed by atoms with Crippen molar-refractivity contribution in [2.24, 2.45) is 0 Å². The lowest BCUT2D eigenvalue weighted by Crippen LogP contribution is -2.56. The Kier molecular flexibility index (Phi) is 6.40. The summed E-state index contributed by atoms with van der Waals surface area (Å²) in [4.78, 5) is 18.2. The summed E-state index contributed by atoms with van der Waals surface area (Å²) in [5.74, 6) is -0.141. The van der Waals surface area contributed by atoms with Crippen LogP contribution in [0, 0.1) is 5.82 Å². The summed E-state index contributed by atoms with van der Waals surface area (Å²) in [6.45, 7) is 3.59. The van der Waals surface area contributed by atoms with Crippen molar-refractivity contribution in [1.29, 1.82) is 0 Å². The standard InChI is InChI=1S/C32H32ClF2N5O3/c33-24-5-1-4-19-12-21(41)13-22(25(19)24)27-26(35)28-23(15-36-27)29(39-9-3-7-32(17-39)8-11-43-32)38-30(37-28)42-18-31-6-2-10-40(31)16-20(34)14-31/h1,4-5,12-13,15,20,41H,2-3,6-11,14,16-18H2/t20-,31+,32?/m1/s1. The summed E-state index contributed by atoms with van der Waals surface area (Å²) in [7, 11) is 0. The molecule has 4 aliphatic heterocycles. The van der Waals surface area contributed by atoms with Crippen molar-refractivity contribution in [2.45, 2.75) is 55.8 Å². The number of rotatable bonds is 5. The first-order valence-corrected chi connectivity index (χ1v) is 15.4. The Balaban J connectivity index is 1.25. The predicted octanol–water partition coefficient (Wildman–Crippen LogP) is 6.06. The highest BCUT2D eigenvalue weighted by atomic mass is 35.5. The van der Waals surface area contributed by atoms with Gasteiger partial charge in [0.05, 0.1) is 23.1 Å². The van der Waals surface area contributed by atoms with E-state index in [-0.39, 0.29) is 35.2 Å². The highest BCUT2D eigenvalue weighted by Crippen LogP contribution is 2.43. The van der Waals surface area contributed by atoms with Crippen molar-refractivity contribution < 1.29 is 23.4 Å². The van der Waals surface area contributed by atoms with Crippen molar-refractivity contribution in [2.75, 3.05) is 44.3 Å².